The molecule has 0 fully saturated rings. The van der Waals surface area contributed by atoms with Crippen LogP contribution in [0, 0.1) is 0 Å². The molecule has 6 nitrogen and oxygen atoms in total. The molecule has 2 aromatic rings. The van der Waals surface area contributed by atoms with E-state index in [1.807, 2.05) is 5.38 Å². The Morgan fingerprint density at radius 3 is 2.83 bits per heavy atom. The third kappa shape index (κ3) is 6.80. The lowest BCUT2D eigenvalue weighted by atomic mass is 10.2. The number of anilines is 1. The first kappa shape index (κ1) is 21.0. The van der Waals surface area contributed by atoms with Crippen LogP contribution in [0.4, 0.5) is 9.93 Å². The van der Waals surface area contributed by atoms with Gasteiger partial charge in [-0.25, -0.2) is 9.78 Å². The zero-order chi connectivity index (χ0) is 16.7. The van der Waals surface area contributed by atoms with E-state index in [9.17, 15) is 4.79 Å². The van der Waals surface area contributed by atoms with Crippen molar-refractivity contribution in [2.24, 2.45) is 5.73 Å². The van der Waals surface area contributed by atoms with Crippen molar-refractivity contribution in [1.29, 1.82) is 0 Å². The summed E-state index contributed by atoms with van der Waals surface area (Å²) in [5, 5.41) is 8.65. The lowest BCUT2D eigenvalue weighted by molar-refractivity contribution is 0.126. The van der Waals surface area contributed by atoms with Crippen molar-refractivity contribution in [2.75, 3.05) is 18.5 Å². The number of nitrogens with two attached hydrogens (primary N) is 1. The van der Waals surface area contributed by atoms with Crippen LogP contribution in [0.1, 0.15) is 11.3 Å². The summed E-state index contributed by atoms with van der Waals surface area (Å²) in [5.74, 6) is 0. The number of thiazole rings is 1. The molecule has 4 N–H and O–H groups in total. The number of halogens is 3. The highest BCUT2D eigenvalue weighted by atomic mass is 35.5. The smallest absolute Gasteiger partial charge is 0.321 e. The number of hydrogen-bond donors (Lipinski definition) is 3. The highest BCUT2D eigenvalue weighted by molar-refractivity contribution is 7.13. The number of ether oxygens (including phenoxy) is 1. The standard InChI is InChI=1S/C14H16Cl2N4O2S.ClH/c15-11-2-1-9(5-12(11)16)6-18-13(21)20-14-19-10(8-23-14)7-22-4-3-17;/h1-2,5,8H,3-4,6-7,17H2,(H2,18,19,20,21);1H. The van der Waals surface area contributed by atoms with E-state index < -0.39 is 0 Å². The van der Waals surface area contributed by atoms with Crippen molar-refractivity contribution in [1.82, 2.24) is 10.3 Å². The van der Waals surface area contributed by atoms with Gasteiger partial charge in [0.15, 0.2) is 5.13 Å². The minimum atomic E-state index is -0.347. The first-order chi connectivity index (χ1) is 11.1. The van der Waals surface area contributed by atoms with Gasteiger partial charge in [0.2, 0.25) is 0 Å². The topological polar surface area (TPSA) is 89.3 Å². The van der Waals surface area contributed by atoms with E-state index in [0.29, 0.717) is 41.5 Å². The number of nitrogens with zero attached hydrogens (tertiary/aromatic N) is 1. The number of benzene rings is 1. The van der Waals surface area contributed by atoms with E-state index in [0.717, 1.165) is 11.3 Å². The number of amides is 2. The van der Waals surface area contributed by atoms with Crippen LogP contribution in [0.25, 0.3) is 0 Å². The maximum absolute atomic E-state index is 11.8. The van der Waals surface area contributed by atoms with Crippen LogP contribution in [0.15, 0.2) is 23.6 Å². The summed E-state index contributed by atoms with van der Waals surface area (Å²) < 4.78 is 5.28. The van der Waals surface area contributed by atoms with E-state index in [-0.39, 0.29) is 18.4 Å². The fourth-order valence-electron chi connectivity index (χ4n) is 1.66. The zero-order valence-electron chi connectivity index (χ0n) is 12.6. The second-order valence-electron chi connectivity index (χ2n) is 4.54. The second-order valence-corrected chi connectivity index (χ2v) is 6.21. The zero-order valence-corrected chi connectivity index (χ0v) is 15.7. The maximum Gasteiger partial charge on any atom is 0.321 e. The number of nitrogens with one attached hydrogen (secondary N) is 2. The van der Waals surface area contributed by atoms with Gasteiger partial charge in [0.05, 0.1) is 29.0 Å². The largest absolute Gasteiger partial charge is 0.374 e. The van der Waals surface area contributed by atoms with Crippen LogP contribution in [-0.2, 0) is 17.9 Å². The molecule has 0 aliphatic rings. The molecule has 1 aromatic carbocycles. The second kappa shape index (κ2) is 10.7. The average Bonchev–Trinajstić information content (AvgIpc) is 2.96. The van der Waals surface area contributed by atoms with Crippen molar-refractivity contribution >= 4 is 58.1 Å². The Morgan fingerprint density at radius 2 is 2.12 bits per heavy atom. The molecule has 24 heavy (non-hydrogen) atoms. The van der Waals surface area contributed by atoms with Gasteiger partial charge < -0.3 is 15.8 Å². The predicted octanol–water partition coefficient (Wildman–Crippen LogP) is 3.67. The summed E-state index contributed by atoms with van der Waals surface area (Å²) in [6.45, 7) is 1.65. The van der Waals surface area contributed by atoms with E-state index >= 15 is 0 Å². The van der Waals surface area contributed by atoms with Gasteiger partial charge in [0.1, 0.15) is 0 Å². The van der Waals surface area contributed by atoms with E-state index in [1.54, 1.807) is 18.2 Å². The van der Waals surface area contributed by atoms with Gasteiger partial charge in [-0.05, 0) is 17.7 Å². The number of rotatable bonds is 7. The summed E-state index contributed by atoms with van der Waals surface area (Å²) in [6.07, 6.45) is 0. The molecule has 0 bridgehead atoms. The van der Waals surface area contributed by atoms with Crippen LogP contribution in [0.5, 0.6) is 0 Å². The molecule has 0 unspecified atom stereocenters. The Labute approximate surface area is 160 Å². The van der Waals surface area contributed by atoms with Crippen molar-refractivity contribution in [3.63, 3.8) is 0 Å². The minimum absolute atomic E-state index is 0. The van der Waals surface area contributed by atoms with Gasteiger partial charge >= 0.3 is 6.03 Å². The Hall–Kier alpha value is -1.09. The van der Waals surface area contributed by atoms with Crippen LogP contribution in [0.2, 0.25) is 10.0 Å². The van der Waals surface area contributed by atoms with Crippen LogP contribution in [-0.4, -0.2) is 24.2 Å². The minimum Gasteiger partial charge on any atom is -0.374 e. The molecule has 132 valence electrons. The molecule has 0 aliphatic carbocycles. The third-order valence-corrected chi connectivity index (χ3v) is 4.27. The summed E-state index contributed by atoms with van der Waals surface area (Å²) in [4.78, 5) is 16.1. The first-order valence-electron chi connectivity index (χ1n) is 6.79. The Bertz CT molecular complexity index is 669. The molecule has 0 spiro atoms. The molecule has 0 saturated heterocycles. The molecule has 0 saturated carbocycles. The Kier molecular flexibility index (Phi) is 9.35. The monoisotopic (exact) mass is 410 g/mol. The predicted molar refractivity (Wildman–Crippen MR) is 100 cm³/mol. The molecular weight excluding hydrogens is 395 g/mol. The number of carbonyl (C=O) groups excluding carboxylic acids is 1. The summed E-state index contributed by atoms with van der Waals surface area (Å²) in [5.41, 5.74) is 6.94. The fraction of sp³-hybridized carbons (Fsp3) is 0.286. The number of hydrogen-bond acceptors (Lipinski definition) is 5. The third-order valence-electron chi connectivity index (χ3n) is 2.72. The van der Waals surface area contributed by atoms with Gasteiger partial charge in [0, 0.05) is 18.5 Å². The van der Waals surface area contributed by atoms with E-state index in [1.165, 1.54) is 11.3 Å². The average molecular weight is 412 g/mol. The number of urea groups is 1. The molecule has 1 heterocycles. The van der Waals surface area contributed by atoms with Gasteiger partial charge in [-0.3, -0.25) is 5.32 Å². The maximum atomic E-state index is 11.8. The molecule has 2 amide bonds. The van der Waals surface area contributed by atoms with Crippen LogP contribution < -0.4 is 16.4 Å². The normalized spacial score (nSPS) is 10.1. The summed E-state index contributed by atoms with van der Waals surface area (Å²) >= 11 is 13.1. The highest BCUT2D eigenvalue weighted by Crippen LogP contribution is 2.22. The molecule has 2 rings (SSSR count). The lowest BCUT2D eigenvalue weighted by Crippen LogP contribution is -2.28. The summed E-state index contributed by atoms with van der Waals surface area (Å²) in [6, 6.07) is 4.85. The SMILES string of the molecule is Cl.NCCOCc1csc(NC(=O)NCc2ccc(Cl)c(Cl)c2)n1. The number of aromatic nitrogens is 1. The highest BCUT2D eigenvalue weighted by Gasteiger charge is 2.07. The van der Waals surface area contributed by atoms with Gasteiger partial charge in [-0.1, -0.05) is 29.3 Å². The van der Waals surface area contributed by atoms with Crippen molar-refractivity contribution in [3.05, 3.63) is 44.9 Å². The molecule has 0 aliphatic heterocycles. The quantitative estimate of drug-likeness (QED) is 0.606. The van der Waals surface area contributed by atoms with Crippen LogP contribution >= 0.6 is 46.9 Å². The molecular formula is C14H17Cl3N4O2S. The molecule has 0 radical (unpaired) electrons. The molecule has 1 aromatic heterocycles. The van der Waals surface area contributed by atoms with Crippen LogP contribution in [0.3, 0.4) is 0 Å². The van der Waals surface area contributed by atoms with Gasteiger partial charge in [0.25, 0.3) is 0 Å². The van der Waals surface area contributed by atoms with E-state index in [2.05, 4.69) is 15.6 Å². The van der Waals surface area contributed by atoms with Gasteiger partial charge in [-0.15, -0.1) is 23.7 Å². The fourth-order valence-corrected chi connectivity index (χ4v) is 2.67. The Morgan fingerprint density at radius 1 is 1.33 bits per heavy atom. The number of carbonyl (C=O) groups is 1. The van der Waals surface area contributed by atoms with E-state index in [4.69, 9.17) is 33.7 Å². The first-order valence-corrected chi connectivity index (χ1v) is 8.43. The van der Waals surface area contributed by atoms with Crippen molar-refractivity contribution in [3.8, 4) is 0 Å². The van der Waals surface area contributed by atoms with Gasteiger partial charge in [-0.2, -0.15) is 0 Å². The van der Waals surface area contributed by atoms with Crippen molar-refractivity contribution < 1.29 is 9.53 Å². The lowest BCUT2D eigenvalue weighted by Gasteiger charge is -2.06. The summed E-state index contributed by atoms with van der Waals surface area (Å²) in [7, 11) is 0. The van der Waals surface area contributed by atoms with Crippen molar-refractivity contribution in [2.45, 2.75) is 13.2 Å². The molecule has 10 heteroatoms. The molecule has 0 atom stereocenters. The Balaban J connectivity index is 0.00000288.